The molecule has 1 aromatic rings. The average molecular weight is 109 g/mol. The van der Waals surface area contributed by atoms with Gasteiger partial charge in [0.25, 0.3) is 0 Å². The van der Waals surface area contributed by atoms with Crippen LogP contribution in [0.2, 0.25) is 0 Å². The van der Waals surface area contributed by atoms with Crippen LogP contribution in [0, 0.1) is 0 Å². The molecule has 2 N–H and O–H groups in total. The van der Waals surface area contributed by atoms with Crippen molar-refractivity contribution in [2.24, 2.45) is 4.99 Å². The molecule has 0 atom stereocenters. The summed E-state index contributed by atoms with van der Waals surface area (Å²) in [7, 11) is 0. The van der Waals surface area contributed by atoms with Crippen LogP contribution in [0.15, 0.2) is 11.3 Å². The van der Waals surface area contributed by atoms with Gasteiger partial charge in [0.05, 0.1) is 0 Å². The largest absolute Gasteiger partial charge is 0.362 e. The smallest absolute Gasteiger partial charge is 0.303 e. The number of aromatic amines is 1. The van der Waals surface area contributed by atoms with Gasteiger partial charge in [-0.25, -0.2) is 9.98 Å². The number of hydrogen-bond donors (Lipinski definition) is 2. The van der Waals surface area contributed by atoms with Crippen molar-refractivity contribution in [3.63, 3.8) is 0 Å². The Morgan fingerprint density at radius 3 is 3.62 bits per heavy atom. The predicted molar refractivity (Wildman–Crippen MR) is 24.3 cm³/mol. The molecule has 0 amide bonds. The van der Waals surface area contributed by atoms with E-state index in [2.05, 4.69) is 20.0 Å². The van der Waals surface area contributed by atoms with E-state index in [0.717, 1.165) is 11.0 Å². The van der Waals surface area contributed by atoms with Crippen LogP contribution in [-0.2, 0) is 0 Å². The molecule has 4 nitrogen and oxygen atoms in total. The first-order valence-corrected chi connectivity index (χ1v) is 2.41. The highest BCUT2D eigenvalue weighted by atomic mass is 15.1. The number of aromatic nitrogens is 2. The van der Waals surface area contributed by atoms with Gasteiger partial charge in [-0.2, -0.15) is 0 Å². The van der Waals surface area contributed by atoms with E-state index in [1.807, 2.05) is 0 Å². The molecule has 0 fully saturated rings. The quantitative estimate of drug-likeness (QED) is 0.360. The Bertz CT molecular complexity index is 268. The highest BCUT2D eigenvalue weighted by molar-refractivity contribution is 4.67. The number of H-pyrrole nitrogens is 1. The van der Waals surface area contributed by atoms with Crippen LogP contribution >= 0.6 is 0 Å². The van der Waals surface area contributed by atoms with Crippen molar-refractivity contribution in [2.75, 3.05) is 6.67 Å². The fraction of sp³-hybridized carbons (Fsp3) is 0.250. The lowest BCUT2D eigenvalue weighted by atomic mass is 10.8. The summed E-state index contributed by atoms with van der Waals surface area (Å²) < 4.78 is 0. The van der Waals surface area contributed by atoms with Crippen molar-refractivity contribution in [3.8, 4) is 0 Å². The van der Waals surface area contributed by atoms with E-state index in [1.165, 1.54) is 0 Å². The Morgan fingerprint density at radius 2 is 2.75 bits per heavy atom. The van der Waals surface area contributed by atoms with E-state index in [-0.39, 0.29) is 0 Å². The van der Waals surface area contributed by atoms with Crippen LogP contribution in [-0.4, -0.2) is 16.6 Å². The second kappa shape index (κ2) is 1.15. The monoisotopic (exact) mass is 109 g/mol. The lowest BCUT2D eigenvalue weighted by molar-refractivity contribution is -0.495. The second-order valence-electron chi connectivity index (χ2n) is 1.59. The number of imidazole rings is 1. The SMILES string of the molecule is c1nc2c([nH]1)=NC[NH+]=2. The van der Waals surface area contributed by atoms with E-state index in [0.29, 0.717) is 6.67 Å². The molecule has 0 saturated heterocycles. The molecule has 0 unspecified atom stereocenters. The highest BCUT2D eigenvalue weighted by Crippen LogP contribution is 1.51. The van der Waals surface area contributed by atoms with Gasteiger partial charge in [-0.05, 0) is 4.98 Å². The van der Waals surface area contributed by atoms with Gasteiger partial charge in [0.2, 0.25) is 11.8 Å². The summed E-state index contributed by atoms with van der Waals surface area (Å²) in [6.07, 6.45) is 1.63. The summed E-state index contributed by atoms with van der Waals surface area (Å²) in [5, 5.41) is 0. The van der Waals surface area contributed by atoms with Gasteiger partial charge in [-0.1, -0.05) is 0 Å². The lowest BCUT2D eigenvalue weighted by Crippen LogP contribution is -2.76. The lowest BCUT2D eigenvalue weighted by Gasteiger charge is -1.63. The van der Waals surface area contributed by atoms with Crippen molar-refractivity contribution in [1.82, 2.24) is 9.97 Å². The van der Waals surface area contributed by atoms with Crippen LogP contribution in [0.25, 0.3) is 0 Å². The number of nitrogens with zero attached hydrogens (tertiary/aromatic N) is 2. The molecule has 0 spiro atoms. The topological polar surface area (TPSA) is 55.0 Å². The third-order valence-corrected chi connectivity index (χ3v) is 1.10. The molecule has 40 valence electrons. The van der Waals surface area contributed by atoms with E-state index < -0.39 is 0 Å². The van der Waals surface area contributed by atoms with Crippen LogP contribution in [0.3, 0.4) is 0 Å². The Kier molecular flexibility index (Phi) is 0.542. The molecule has 0 aliphatic carbocycles. The standard InChI is InChI=1S/C4H4N4/c1-5-3-4(6-1)8-2-7-3/h1H,2H2,(H,5,6,7,8)/p+1. The summed E-state index contributed by atoms with van der Waals surface area (Å²) in [6, 6.07) is 0. The number of fused-ring (bicyclic) bond motifs is 1. The van der Waals surface area contributed by atoms with Crippen molar-refractivity contribution >= 4 is 0 Å². The molecule has 0 radical (unpaired) electrons. The van der Waals surface area contributed by atoms with Gasteiger partial charge in [0.1, 0.15) is 0 Å². The molecule has 2 heterocycles. The summed E-state index contributed by atoms with van der Waals surface area (Å²) in [4.78, 5) is 13.8. The summed E-state index contributed by atoms with van der Waals surface area (Å²) in [5.41, 5.74) is 1.73. The zero-order valence-corrected chi connectivity index (χ0v) is 4.18. The third kappa shape index (κ3) is 0.318. The van der Waals surface area contributed by atoms with Crippen molar-refractivity contribution < 1.29 is 4.99 Å². The molecule has 0 bridgehead atoms. The Balaban J connectivity index is 3.08. The van der Waals surface area contributed by atoms with Crippen LogP contribution in [0.5, 0.6) is 0 Å². The third-order valence-electron chi connectivity index (χ3n) is 1.10. The Hall–Kier alpha value is -1.19. The van der Waals surface area contributed by atoms with Gasteiger partial charge >= 0.3 is 5.49 Å². The molecule has 2 rings (SSSR count). The molecular weight excluding hydrogens is 104 g/mol. The van der Waals surface area contributed by atoms with E-state index in [1.54, 1.807) is 6.33 Å². The predicted octanol–water partition coefficient (Wildman–Crippen LogP) is -3.30. The average Bonchev–Trinajstić information content (AvgIpc) is 2.15. The Labute approximate surface area is 45.0 Å². The molecule has 4 heteroatoms. The zero-order valence-electron chi connectivity index (χ0n) is 4.18. The normalized spacial score (nSPS) is 14.5. The molecule has 0 saturated carbocycles. The number of rotatable bonds is 0. The second-order valence-corrected chi connectivity index (χ2v) is 1.59. The van der Waals surface area contributed by atoms with Crippen LogP contribution in [0.4, 0.5) is 0 Å². The maximum absolute atomic E-state index is 4.03. The maximum atomic E-state index is 4.03. The molecule has 8 heavy (non-hydrogen) atoms. The highest BCUT2D eigenvalue weighted by Gasteiger charge is 2.02. The van der Waals surface area contributed by atoms with Crippen molar-refractivity contribution in [3.05, 3.63) is 17.3 Å². The van der Waals surface area contributed by atoms with Gasteiger partial charge in [-0.3, -0.25) is 0 Å². The van der Waals surface area contributed by atoms with E-state index in [9.17, 15) is 0 Å². The summed E-state index contributed by atoms with van der Waals surface area (Å²) >= 11 is 0. The van der Waals surface area contributed by atoms with E-state index >= 15 is 0 Å². The first-order valence-electron chi connectivity index (χ1n) is 2.41. The van der Waals surface area contributed by atoms with Gasteiger partial charge in [-0.15, -0.1) is 0 Å². The fourth-order valence-electron chi connectivity index (χ4n) is 0.731. The van der Waals surface area contributed by atoms with Gasteiger partial charge in [0.15, 0.2) is 6.67 Å². The first-order chi connectivity index (χ1) is 3.97. The summed E-state index contributed by atoms with van der Waals surface area (Å²) in [5.74, 6) is 0. The van der Waals surface area contributed by atoms with Crippen LogP contribution in [0.1, 0.15) is 0 Å². The number of hydrogen-bond acceptors (Lipinski definition) is 2. The minimum absolute atomic E-state index is 0.662. The number of nitrogens with one attached hydrogen (secondary N) is 2. The van der Waals surface area contributed by atoms with Crippen molar-refractivity contribution in [1.29, 1.82) is 0 Å². The zero-order chi connectivity index (χ0) is 5.40. The molecule has 1 aliphatic rings. The van der Waals surface area contributed by atoms with E-state index in [4.69, 9.17) is 0 Å². The van der Waals surface area contributed by atoms with Crippen molar-refractivity contribution in [2.45, 2.75) is 0 Å². The molecular formula is C4H5N4+. The molecule has 0 aromatic carbocycles. The summed E-state index contributed by atoms with van der Waals surface area (Å²) in [6.45, 7) is 0.662. The maximum Gasteiger partial charge on any atom is 0.362 e. The van der Waals surface area contributed by atoms with Gasteiger partial charge in [0, 0.05) is 0 Å². The first kappa shape index (κ1) is 3.77. The van der Waals surface area contributed by atoms with Gasteiger partial charge < -0.3 is 4.98 Å². The molecule has 1 aliphatic heterocycles. The Morgan fingerprint density at radius 1 is 1.75 bits per heavy atom. The van der Waals surface area contributed by atoms with Crippen LogP contribution < -0.4 is 16.0 Å². The minimum atomic E-state index is 0.662. The fourth-order valence-corrected chi connectivity index (χ4v) is 0.731. The molecule has 1 aromatic heterocycles. The minimum Gasteiger partial charge on any atom is -0.303 e.